The fourth-order valence-electron chi connectivity index (χ4n) is 1.51. The maximum atomic E-state index is 12.7. The molecule has 0 saturated carbocycles. The number of ether oxygens (including phenoxy) is 2. The molecule has 7 nitrogen and oxygen atoms in total. The van der Waals surface area contributed by atoms with Crippen LogP contribution in [0.15, 0.2) is 12.4 Å². The summed E-state index contributed by atoms with van der Waals surface area (Å²) in [5.74, 6) is -1.15. The number of carbonyl (C=O) groups excluding carboxylic acids is 2. The van der Waals surface area contributed by atoms with Crippen LogP contribution >= 0.6 is 0 Å². The van der Waals surface area contributed by atoms with Gasteiger partial charge in [-0.25, -0.2) is 4.98 Å². The van der Waals surface area contributed by atoms with Crippen molar-refractivity contribution < 1.29 is 27.8 Å². The lowest BCUT2D eigenvalue weighted by Gasteiger charge is -2.19. The lowest BCUT2D eigenvalue weighted by molar-refractivity contribution is -0.145. The molecular weight excluding hydrogens is 276 g/mol. The molecule has 1 heterocycles. The molecule has 0 radical (unpaired) electrons. The summed E-state index contributed by atoms with van der Waals surface area (Å²) in [5, 5.41) is 0. The molecule has 0 aliphatic carbocycles. The molecule has 0 aromatic carbocycles. The van der Waals surface area contributed by atoms with E-state index in [-0.39, 0.29) is 25.5 Å². The number of hydrogen-bond donors (Lipinski definition) is 0. The van der Waals surface area contributed by atoms with Crippen LogP contribution in [0.25, 0.3) is 0 Å². The lowest BCUT2D eigenvalue weighted by Crippen LogP contribution is -2.36. The summed E-state index contributed by atoms with van der Waals surface area (Å²) in [7, 11) is 2.39. The number of methoxy groups -OCH3 is 2. The highest BCUT2D eigenvalue weighted by molar-refractivity contribution is 5.74. The number of esters is 2. The van der Waals surface area contributed by atoms with Crippen molar-refractivity contribution >= 4 is 11.9 Å². The number of halogens is 2. The van der Waals surface area contributed by atoms with Crippen molar-refractivity contribution in [3.05, 3.63) is 18.2 Å². The number of alkyl halides is 2. The van der Waals surface area contributed by atoms with Gasteiger partial charge in [0.15, 0.2) is 0 Å². The van der Waals surface area contributed by atoms with Crippen LogP contribution in [0.2, 0.25) is 0 Å². The normalized spacial score (nSPS) is 10.9. The molecule has 112 valence electrons. The summed E-state index contributed by atoms with van der Waals surface area (Å²) in [6, 6.07) is 0. The number of carbonyl (C=O) groups is 2. The number of imidazole rings is 1. The smallest absolute Gasteiger partial charge is 0.319 e. The van der Waals surface area contributed by atoms with E-state index < -0.39 is 18.5 Å². The van der Waals surface area contributed by atoms with E-state index >= 15 is 0 Å². The predicted octanol–water partition coefficient (Wildman–Crippen LogP) is 0.426. The van der Waals surface area contributed by atoms with E-state index in [9.17, 15) is 18.4 Å². The zero-order chi connectivity index (χ0) is 15.1. The monoisotopic (exact) mass is 291 g/mol. The molecule has 0 unspecified atom stereocenters. The van der Waals surface area contributed by atoms with Gasteiger partial charge < -0.3 is 9.47 Å². The Hall–Kier alpha value is -2.03. The maximum absolute atomic E-state index is 12.7. The molecule has 9 heteroatoms. The van der Waals surface area contributed by atoms with E-state index in [2.05, 4.69) is 14.5 Å². The summed E-state index contributed by atoms with van der Waals surface area (Å²) >= 11 is 0. The zero-order valence-corrected chi connectivity index (χ0v) is 11.1. The summed E-state index contributed by atoms with van der Waals surface area (Å²) in [5.41, 5.74) is 0. The molecule has 0 N–H and O–H groups in total. The van der Waals surface area contributed by atoms with Gasteiger partial charge in [-0.1, -0.05) is 0 Å². The van der Waals surface area contributed by atoms with Crippen molar-refractivity contribution in [3.63, 3.8) is 0 Å². The Morgan fingerprint density at radius 1 is 1.30 bits per heavy atom. The Morgan fingerprint density at radius 2 is 1.85 bits per heavy atom. The number of aromatic nitrogens is 2. The van der Waals surface area contributed by atoms with E-state index in [0.29, 0.717) is 4.57 Å². The minimum Gasteiger partial charge on any atom is -0.468 e. The second kappa shape index (κ2) is 7.53. The van der Waals surface area contributed by atoms with Gasteiger partial charge in [-0.2, -0.15) is 8.78 Å². The van der Waals surface area contributed by atoms with Crippen LogP contribution in [0.1, 0.15) is 12.4 Å². The number of hydrogen-bond acceptors (Lipinski definition) is 6. The van der Waals surface area contributed by atoms with Gasteiger partial charge in [0.1, 0.15) is 5.82 Å². The van der Waals surface area contributed by atoms with Gasteiger partial charge in [-0.15, -0.1) is 0 Å². The standard InChI is InChI=1S/C11H15F2N3O4/c1-19-9(17)6-15(7-10(18)20-2)5-8-14-3-4-16(8)11(12)13/h3-4,11H,5-7H2,1-2H3. The van der Waals surface area contributed by atoms with Crippen LogP contribution < -0.4 is 0 Å². The lowest BCUT2D eigenvalue weighted by atomic mass is 10.4. The molecule has 0 spiro atoms. The molecule has 1 rings (SSSR count). The summed E-state index contributed by atoms with van der Waals surface area (Å²) in [4.78, 5) is 27.6. The van der Waals surface area contributed by atoms with Gasteiger partial charge in [-0.05, 0) is 0 Å². The molecule has 1 aromatic heterocycles. The Morgan fingerprint density at radius 3 is 2.30 bits per heavy atom. The van der Waals surface area contributed by atoms with Crippen LogP contribution in [0, 0.1) is 0 Å². The minimum absolute atomic E-state index is 0.0350. The summed E-state index contributed by atoms with van der Waals surface area (Å²) in [6.45, 7) is -3.32. The third-order valence-electron chi connectivity index (χ3n) is 2.48. The first-order valence-corrected chi connectivity index (χ1v) is 5.63. The van der Waals surface area contributed by atoms with Crippen molar-refractivity contribution in [3.8, 4) is 0 Å². The molecule has 0 amide bonds. The van der Waals surface area contributed by atoms with E-state index in [1.165, 1.54) is 25.3 Å². The van der Waals surface area contributed by atoms with Crippen molar-refractivity contribution in [1.29, 1.82) is 0 Å². The van der Waals surface area contributed by atoms with E-state index in [1.807, 2.05) is 0 Å². The van der Waals surface area contributed by atoms with Crippen molar-refractivity contribution in [2.45, 2.75) is 13.1 Å². The van der Waals surface area contributed by atoms with E-state index in [1.54, 1.807) is 0 Å². The molecule has 0 aliphatic heterocycles. The molecular formula is C11H15F2N3O4. The molecule has 0 saturated heterocycles. The predicted molar refractivity (Wildman–Crippen MR) is 62.8 cm³/mol. The van der Waals surface area contributed by atoms with E-state index in [0.717, 1.165) is 6.20 Å². The van der Waals surface area contributed by atoms with E-state index in [4.69, 9.17) is 0 Å². The Kier molecular flexibility index (Phi) is 6.04. The van der Waals surface area contributed by atoms with Gasteiger partial charge in [0, 0.05) is 12.4 Å². The maximum Gasteiger partial charge on any atom is 0.319 e. The first-order valence-electron chi connectivity index (χ1n) is 5.63. The summed E-state index contributed by atoms with van der Waals surface area (Å²) < 4.78 is 35.0. The average Bonchev–Trinajstić information content (AvgIpc) is 2.86. The molecule has 0 aliphatic rings. The highest BCUT2D eigenvalue weighted by Gasteiger charge is 2.19. The van der Waals surface area contributed by atoms with Crippen molar-refractivity contribution in [1.82, 2.24) is 14.5 Å². The third-order valence-corrected chi connectivity index (χ3v) is 2.48. The zero-order valence-electron chi connectivity index (χ0n) is 11.1. The van der Waals surface area contributed by atoms with Gasteiger partial charge >= 0.3 is 18.5 Å². The Balaban J connectivity index is 2.79. The molecule has 0 fully saturated rings. The fraction of sp³-hybridized carbons (Fsp3) is 0.545. The highest BCUT2D eigenvalue weighted by atomic mass is 19.3. The highest BCUT2D eigenvalue weighted by Crippen LogP contribution is 2.14. The van der Waals surface area contributed by atoms with Gasteiger partial charge in [0.25, 0.3) is 0 Å². The van der Waals surface area contributed by atoms with Crippen LogP contribution in [0.5, 0.6) is 0 Å². The van der Waals surface area contributed by atoms with Crippen LogP contribution in [0.3, 0.4) is 0 Å². The Labute approximate surface area is 114 Å². The molecule has 1 aromatic rings. The van der Waals surface area contributed by atoms with Crippen molar-refractivity contribution in [2.24, 2.45) is 0 Å². The molecule has 0 atom stereocenters. The SMILES string of the molecule is COC(=O)CN(CC(=O)OC)Cc1nccn1C(F)F. The van der Waals surface area contributed by atoms with Crippen LogP contribution in [-0.2, 0) is 25.6 Å². The van der Waals surface area contributed by atoms with Crippen molar-refractivity contribution in [2.75, 3.05) is 27.3 Å². The van der Waals surface area contributed by atoms with Gasteiger partial charge in [0.2, 0.25) is 0 Å². The summed E-state index contributed by atoms with van der Waals surface area (Å²) in [6.07, 6.45) is 2.34. The third kappa shape index (κ3) is 4.57. The second-order valence-corrected chi connectivity index (χ2v) is 3.83. The van der Waals surface area contributed by atoms with Gasteiger partial charge in [-0.3, -0.25) is 19.1 Å². The minimum atomic E-state index is -2.74. The first-order chi connectivity index (χ1) is 9.47. The molecule has 0 bridgehead atoms. The fourth-order valence-corrected chi connectivity index (χ4v) is 1.51. The van der Waals surface area contributed by atoms with Crippen LogP contribution in [0.4, 0.5) is 8.78 Å². The topological polar surface area (TPSA) is 73.7 Å². The largest absolute Gasteiger partial charge is 0.468 e. The second-order valence-electron chi connectivity index (χ2n) is 3.83. The Bertz CT molecular complexity index is 446. The molecule has 20 heavy (non-hydrogen) atoms. The number of rotatable bonds is 7. The quantitative estimate of drug-likeness (QED) is 0.678. The van der Waals surface area contributed by atoms with Gasteiger partial charge in [0.05, 0.1) is 33.9 Å². The first kappa shape index (κ1) is 16.0. The van der Waals surface area contributed by atoms with Crippen LogP contribution in [-0.4, -0.2) is 53.7 Å². The average molecular weight is 291 g/mol. The number of nitrogens with zero attached hydrogens (tertiary/aromatic N) is 3.